The van der Waals surface area contributed by atoms with Crippen molar-refractivity contribution in [3.63, 3.8) is 0 Å². The first kappa shape index (κ1) is 20.7. The smallest absolute Gasteiger partial charge is 0.240 e. The van der Waals surface area contributed by atoms with E-state index in [-0.39, 0.29) is 11.4 Å². The maximum absolute atomic E-state index is 12.5. The molecule has 0 aliphatic carbocycles. The predicted octanol–water partition coefficient (Wildman–Crippen LogP) is 1.99. The molecule has 10 heteroatoms. The van der Waals surface area contributed by atoms with Gasteiger partial charge in [0.2, 0.25) is 10.0 Å². The van der Waals surface area contributed by atoms with E-state index in [1.807, 2.05) is 19.9 Å². The number of nitrogens with one attached hydrogen (secondary N) is 2. The molecular formula is C19H24N6O3S. The maximum atomic E-state index is 12.5. The normalized spacial score (nSPS) is 11.4. The molecule has 0 atom stereocenters. The molecule has 29 heavy (non-hydrogen) atoms. The number of aromatic nitrogens is 4. The van der Waals surface area contributed by atoms with Gasteiger partial charge in [0.1, 0.15) is 17.9 Å². The van der Waals surface area contributed by atoms with E-state index in [0.29, 0.717) is 23.9 Å². The zero-order chi connectivity index (χ0) is 21.0. The molecule has 3 aromatic rings. The topological polar surface area (TPSA) is 111 Å². The number of hydrogen-bond acceptors (Lipinski definition) is 7. The van der Waals surface area contributed by atoms with Crippen LogP contribution in [0, 0.1) is 20.8 Å². The van der Waals surface area contributed by atoms with Gasteiger partial charge < -0.3 is 10.1 Å². The standard InChI is InChI=1S/C19H24N6O3S/c1-13-9-16(5-6-17(13)28-4)29(26,27)23-8-7-20-18-11-19(22-12-21-18)25-15(3)10-14(2)24-25/h5-6,9-12,23H,7-8H2,1-4H3,(H,20,21,22). The third kappa shape index (κ3) is 4.90. The molecule has 2 aromatic heterocycles. The van der Waals surface area contributed by atoms with Gasteiger partial charge >= 0.3 is 0 Å². The summed E-state index contributed by atoms with van der Waals surface area (Å²) < 4.78 is 34.4. The molecular weight excluding hydrogens is 392 g/mol. The fourth-order valence-corrected chi connectivity index (χ4v) is 4.01. The van der Waals surface area contributed by atoms with Gasteiger partial charge in [0.15, 0.2) is 5.82 Å². The van der Waals surface area contributed by atoms with Crippen LogP contribution in [0.4, 0.5) is 5.82 Å². The van der Waals surface area contributed by atoms with Crippen molar-refractivity contribution in [1.29, 1.82) is 0 Å². The van der Waals surface area contributed by atoms with Crippen LogP contribution >= 0.6 is 0 Å². The Morgan fingerprint density at radius 2 is 1.86 bits per heavy atom. The molecule has 154 valence electrons. The molecule has 0 saturated carbocycles. The lowest BCUT2D eigenvalue weighted by Crippen LogP contribution is -2.29. The van der Waals surface area contributed by atoms with E-state index < -0.39 is 10.0 Å². The van der Waals surface area contributed by atoms with Crippen molar-refractivity contribution in [1.82, 2.24) is 24.5 Å². The van der Waals surface area contributed by atoms with Gasteiger partial charge in [0.25, 0.3) is 0 Å². The average Bonchev–Trinajstić information content (AvgIpc) is 3.03. The van der Waals surface area contributed by atoms with Crippen molar-refractivity contribution < 1.29 is 13.2 Å². The summed E-state index contributed by atoms with van der Waals surface area (Å²) >= 11 is 0. The molecule has 0 aliphatic heterocycles. The van der Waals surface area contributed by atoms with Crippen LogP contribution in [-0.2, 0) is 10.0 Å². The highest BCUT2D eigenvalue weighted by Gasteiger charge is 2.15. The van der Waals surface area contributed by atoms with Crippen LogP contribution in [0.25, 0.3) is 5.82 Å². The Morgan fingerprint density at radius 1 is 1.07 bits per heavy atom. The van der Waals surface area contributed by atoms with Crippen LogP contribution in [0.15, 0.2) is 41.6 Å². The van der Waals surface area contributed by atoms with Crippen molar-refractivity contribution in [2.24, 2.45) is 0 Å². The van der Waals surface area contributed by atoms with Crippen LogP contribution in [0.5, 0.6) is 5.75 Å². The summed E-state index contributed by atoms with van der Waals surface area (Å²) in [7, 11) is -2.06. The molecule has 3 rings (SSSR count). The van der Waals surface area contributed by atoms with Gasteiger partial charge in [0, 0.05) is 24.8 Å². The van der Waals surface area contributed by atoms with E-state index in [0.717, 1.165) is 17.0 Å². The summed E-state index contributed by atoms with van der Waals surface area (Å²) in [4.78, 5) is 8.61. The van der Waals surface area contributed by atoms with E-state index in [9.17, 15) is 8.42 Å². The van der Waals surface area contributed by atoms with Gasteiger partial charge in [-0.3, -0.25) is 0 Å². The summed E-state index contributed by atoms with van der Waals surface area (Å²) in [6, 6.07) is 8.47. The van der Waals surface area contributed by atoms with Gasteiger partial charge in [0.05, 0.1) is 17.7 Å². The Bertz CT molecular complexity index is 1110. The fourth-order valence-electron chi connectivity index (χ4n) is 2.90. The fraction of sp³-hybridized carbons (Fsp3) is 0.316. The summed E-state index contributed by atoms with van der Waals surface area (Å²) in [5.41, 5.74) is 2.62. The van der Waals surface area contributed by atoms with Crippen molar-refractivity contribution >= 4 is 15.8 Å². The van der Waals surface area contributed by atoms with Gasteiger partial charge in [-0.2, -0.15) is 5.10 Å². The number of nitrogens with zero attached hydrogens (tertiary/aromatic N) is 4. The first-order valence-corrected chi connectivity index (χ1v) is 10.5. The SMILES string of the molecule is COc1ccc(S(=O)(=O)NCCNc2cc(-n3nc(C)cc3C)ncn2)cc1C. The van der Waals surface area contributed by atoms with Gasteiger partial charge in [-0.05, 0) is 50.6 Å². The number of rotatable bonds is 8. The van der Waals surface area contributed by atoms with E-state index in [2.05, 4.69) is 25.1 Å². The third-order valence-corrected chi connectivity index (χ3v) is 5.74. The molecule has 2 heterocycles. The average molecular weight is 417 g/mol. The Labute approximate surface area is 170 Å². The Balaban J connectivity index is 1.60. The van der Waals surface area contributed by atoms with E-state index in [1.54, 1.807) is 36.9 Å². The zero-order valence-electron chi connectivity index (χ0n) is 16.8. The second kappa shape index (κ2) is 8.58. The highest BCUT2D eigenvalue weighted by molar-refractivity contribution is 7.89. The van der Waals surface area contributed by atoms with Gasteiger partial charge in [-0.15, -0.1) is 0 Å². The maximum Gasteiger partial charge on any atom is 0.240 e. The van der Waals surface area contributed by atoms with Gasteiger partial charge in [-0.25, -0.2) is 27.8 Å². The van der Waals surface area contributed by atoms with E-state index >= 15 is 0 Å². The molecule has 0 radical (unpaired) electrons. The highest BCUT2D eigenvalue weighted by atomic mass is 32.2. The minimum Gasteiger partial charge on any atom is -0.496 e. The molecule has 0 saturated heterocycles. The number of ether oxygens (including phenoxy) is 1. The molecule has 1 aromatic carbocycles. The van der Waals surface area contributed by atoms with E-state index in [1.165, 1.54) is 12.4 Å². The molecule has 0 aliphatic rings. The number of benzene rings is 1. The van der Waals surface area contributed by atoms with Crippen molar-refractivity contribution in [2.45, 2.75) is 25.7 Å². The lowest BCUT2D eigenvalue weighted by atomic mass is 10.2. The molecule has 0 bridgehead atoms. The number of sulfonamides is 1. The second-order valence-electron chi connectivity index (χ2n) is 6.56. The predicted molar refractivity (Wildman–Crippen MR) is 110 cm³/mol. The second-order valence-corrected chi connectivity index (χ2v) is 8.32. The summed E-state index contributed by atoms with van der Waals surface area (Å²) in [6.45, 7) is 6.23. The first-order valence-electron chi connectivity index (χ1n) is 9.04. The minimum absolute atomic E-state index is 0.199. The van der Waals surface area contributed by atoms with Crippen LogP contribution in [0.2, 0.25) is 0 Å². The Kier molecular flexibility index (Phi) is 6.14. The highest BCUT2D eigenvalue weighted by Crippen LogP contribution is 2.21. The minimum atomic E-state index is -3.61. The van der Waals surface area contributed by atoms with E-state index in [4.69, 9.17) is 4.74 Å². The Morgan fingerprint density at radius 3 is 2.52 bits per heavy atom. The molecule has 2 N–H and O–H groups in total. The summed E-state index contributed by atoms with van der Waals surface area (Å²) in [5, 5.41) is 7.50. The molecule has 0 spiro atoms. The molecule has 0 unspecified atom stereocenters. The lowest BCUT2D eigenvalue weighted by Gasteiger charge is -2.11. The molecule has 9 nitrogen and oxygen atoms in total. The van der Waals surface area contributed by atoms with Crippen molar-refractivity contribution in [2.75, 3.05) is 25.5 Å². The number of methoxy groups -OCH3 is 1. The van der Waals surface area contributed by atoms with Gasteiger partial charge in [-0.1, -0.05) is 0 Å². The molecule has 0 fully saturated rings. The van der Waals surface area contributed by atoms with Crippen LogP contribution < -0.4 is 14.8 Å². The monoisotopic (exact) mass is 416 g/mol. The van der Waals surface area contributed by atoms with Crippen LogP contribution in [0.3, 0.4) is 0 Å². The number of hydrogen-bond donors (Lipinski definition) is 2. The zero-order valence-corrected chi connectivity index (χ0v) is 17.6. The lowest BCUT2D eigenvalue weighted by molar-refractivity contribution is 0.411. The number of anilines is 1. The quantitative estimate of drug-likeness (QED) is 0.540. The van der Waals surface area contributed by atoms with Crippen LogP contribution in [0.1, 0.15) is 17.0 Å². The molecule has 0 amide bonds. The largest absolute Gasteiger partial charge is 0.496 e. The third-order valence-electron chi connectivity index (χ3n) is 4.28. The summed E-state index contributed by atoms with van der Waals surface area (Å²) in [6.07, 6.45) is 1.44. The van der Waals surface area contributed by atoms with Crippen molar-refractivity contribution in [3.8, 4) is 11.6 Å². The Hall–Kier alpha value is -2.98. The summed E-state index contributed by atoms with van der Waals surface area (Å²) in [5.74, 6) is 1.87. The number of aryl methyl sites for hydroxylation is 3. The van der Waals surface area contributed by atoms with Crippen LogP contribution in [-0.4, -0.2) is 48.4 Å². The van der Waals surface area contributed by atoms with Crippen molar-refractivity contribution in [3.05, 3.63) is 53.6 Å². The first-order chi connectivity index (χ1) is 13.8.